The molecule has 8 rings (SSSR count). The molecule has 0 aliphatic carbocycles. The number of aliphatic hydroxyl groups is 1. The minimum Gasteiger partial charge on any atom is -0.445 e. The Morgan fingerprint density at radius 2 is 1.49 bits per heavy atom. The number of rotatable bonds is 20. The number of azide groups is 1. The van der Waals surface area contributed by atoms with Crippen molar-refractivity contribution in [1.29, 1.82) is 0 Å². The van der Waals surface area contributed by atoms with Gasteiger partial charge in [0.05, 0.1) is 25.9 Å². The van der Waals surface area contributed by atoms with Gasteiger partial charge < -0.3 is 82.9 Å². The highest BCUT2D eigenvalue weighted by molar-refractivity contribution is 7.47. The van der Waals surface area contributed by atoms with Gasteiger partial charge >= 0.3 is 33.9 Å². The fourth-order valence-corrected chi connectivity index (χ4v) is 10.9. The number of aliphatic hydroxyl groups excluding tert-OH is 1. The Morgan fingerprint density at radius 1 is 0.849 bits per heavy atom. The van der Waals surface area contributed by atoms with Crippen LogP contribution in [-0.2, 0) is 67.2 Å². The van der Waals surface area contributed by atoms with Gasteiger partial charge in [0, 0.05) is 30.2 Å². The number of aromatic amines is 1. The quantitative estimate of drug-likeness (QED) is 0.0141. The van der Waals surface area contributed by atoms with Crippen LogP contribution in [0.15, 0.2) is 53.2 Å². The SMILES string of the molecule is CC(C)[C@H](NC(=O)CN=[N+]=[N-])C(=O)N[C@@H](CCCNC(N)=O)C(=O)Nc1ccc(COC(=O)NCCNC(=O)O[C@@H]2[C@@H]3OP(=O)(O)OCC4O[C@@H](n5cnc6c(N)ncnc65)[C@H](O)[C@@H]4OP(=O)(O)OC[C@H]3O[C@H]2n2cnc3c(=O)[nH]c(N)nc32)cc1. The number of carbonyl (C=O) groups excluding carboxylic acids is 6. The van der Waals surface area contributed by atoms with Crippen molar-refractivity contribution in [3.63, 3.8) is 0 Å². The molecule has 3 aliphatic heterocycles. The van der Waals surface area contributed by atoms with E-state index in [4.69, 9.17) is 59.8 Å². The summed E-state index contributed by atoms with van der Waals surface area (Å²) in [5.74, 6) is -2.93. The van der Waals surface area contributed by atoms with Crippen LogP contribution >= 0.6 is 15.6 Å². The zero-order chi connectivity index (χ0) is 62.0. The molecule has 4 aromatic heterocycles. The fourth-order valence-electron chi connectivity index (χ4n) is 8.93. The van der Waals surface area contributed by atoms with Gasteiger partial charge in [-0.1, -0.05) is 31.1 Å². The molecule has 5 aromatic rings. The number of anilines is 3. The number of benzene rings is 1. The van der Waals surface area contributed by atoms with Crippen molar-refractivity contribution in [3.05, 3.63) is 69.6 Å². The number of nitrogens with two attached hydrogens (primary N) is 3. The van der Waals surface area contributed by atoms with E-state index in [1.54, 1.807) is 13.8 Å². The second-order valence-electron chi connectivity index (χ2n) is 19.3. The third-order valence-electron chi connectivity index (χ3n) is 12.9. The lowest BCUT2D eigenvalue weighted by Gasteiger charge is -2.28. The molecular weight excluding hydrogens is 1190 g/mol. The molecule has 16 N–H and O–H groups in total. The van der Waals surface area contributed by atoms with Gasteiger partial charge in [-0.2, -0.15) is 4.98 Å². The number of amides is 7. The minimum absolute atomic E-state index is 0.0220. The number of nitrogens with one attached hydrogen (secondary N) is 7. The Balaban J connectivity index is 0.880. The summed E-state index contributed by atoms with van der Waals surface area (Å²) >= 11 is 0. The van der Waals surface area contributed by atoms with Crippen molar-refractivity contribution in [2.24, 2.45) is 16.8 Å². The van der Waals surface area contributed by atoms with Crippen LogP contribution in [0.5, 0.6) is 0 Å². The Kier molecular flexibility index (Phi) is 20.3. The van der Waals surface area contributed by atoms with Crippen molar-refractivity contribution in [2.45, 2.75) is 94.5 Å². The molecule has 42 heteroatoms. The number of phosphoric ester groups is 2. The Hall–Kier alpha value is -8.65. The third kappa shape index (κ3) is 15.8. The van der Waals surface area contributed by atoms with Crippen molar-refractivity contribution in [3.8, 4) is 0 Å². The van der Waals surface area contributed by atoms with E-state index in [0.29, 0.717) is 5.56 Å². The molecule has 0 bridgehead atoms. The molecule has 0 saturated carbocycles. The van der Waals surface area contributed by atoms with Crippen LogP contribution in [0.2, 0.25) is 0 Å². The van der Waals surface area contributed by atoms with E-state index in [0.717, 1.165) is 17.2 Å². The molecule has 12 atom stereocenters. The van der Waals surface area contributed by atoms with Gasteiger partial charge in [-0.05, 0) is 42.0 Å². The number of imidazole rings is 2. The van der Waals surface area contributed by atoms with Crippen molar-refractivity contribution < 1.29 is 89.8 Å². The van der Waals surface area contributed by atoms with Crippen molar-refractivity contribution >= 4 is 91.4 Å². The van der Waals surface area contributed by atoms with E-state index in [1.165, 1.54) is 35.2 Å². The first-order valence-electron chi connectivity index (χ1n) is 25.8. The number of primary amides is 1. The lowest BCUT2D eigenvalue weighted by Crippen LogP contribution is -2.55. The Bertz CT molecular complexity index is 3530. The highest BCUT2D eigenvalue weighted by atomic mass is 31.2. The van der Waals surface area contributed by atoms with Crippen LogP contribution in [0.25, 0.3) is 32.8 Å². The van der Waals surface area contributed by atoms with Crippen molar-refractivity contribution in [1.82, 2.24) is 65.6 Å². The van der Waals surface area contributed by atoms with Crippen LogP contribution in [-0.4, -0.2) is 178 Å². The summed E-state index contributed by atoms with van der Waals surface area (Å²) < 4.78 is 74.4. The van der Waals surface area contributed by atoms with E-state index in [9.17, 15) is 57.6 Å². The highest BCUT2D eigenvalue weighted by Gasteiger charge is 2.56. The van der Waals surface area contributed by atoms with E-state index < -0.39 is 144 Å². The molecule has 3 saturated heterocycles. The average molecular weight is 1250 g/mol. The third-order valence-corrected chi connectivity index (χ3v) is 14.9. The number of carbonyl (C=O) groups is 6. The van der Waals surface area contributed by atoms with Crippen LogP contribution in [0.3, 0.4) is 0 Å². The maximum absolute atomic E-state index is 13.9. The molecule has 1 aromatic carbocycles. The maximum atomic E-state index is 13.9. The topological polar surface area (TPSA) is 577 Å². The zero-order valence-corrected chi connectivity index (χ0v) is 46.9. The lowest BCUT2D eigenvalue weighted by molar-refractivity contribution is -0.131. The standard InChI is InChI=1S/C44H58N20O20P2/c1-19(2)26(59-25(65)12-56-62-48)37(68)58-22(4-3-9-49-42(47)70)36(67)57-21-7-5-20(6-8-21)13-77-43(71)50-10-11-51-44(72)82-32-31-24(81-40(32)64-18-55-28-35(64)60-41(46)61-38(28)69)15-79-85(73,74)83-30-23(14-78-86(75,76)84-31)80-39(29(30)66)63-17-54-27-33(45)52-16-53-34(27)63/h5-8,16-19,22-24,26,29-32,39-40,66H,3-4,9-15H2,1-2H3,(H,50,71)(H,51,72)(H,57,67)(H,58,68)(H,59,65)(H,73,74)(H,75,76)(H2,45,52,53)(H3,47,49,70)(H3,46,60,61,69)/t22-,23?,24+,26-,29+,30+,31+,32+,39+,40+/m0/s1. The molecule has 3 aliphatic rings. The van der Waals surface area contributed by atoms with Crippen LogP contribution in [0.1, 0.15) is 44.7 Å². The first kappa shape index (κ1) is 63.4. The lowest BCUT2D eigenvalue weighted by atomic mass is 10.0. The van der Waals surface area contributed by atoms with Gasteiger partial charge in [-0.15, -0.1) is 0 Å². The molecular formula is C44H58N20O20P2. The van der Waals surface area contributed by atoms with Gasteiger partial charge in [-0.25, -0.2) is 43.4 Å². The monoisotopic (exact) mass is 1250 g/mol. The summed E-state index contributed by atoms with van der Waals surface area (Å²) in [5.41, 5.74) is 25.0. The maximum Gasteiger partial charge on any atom is 0.472 e. The fraction of sp³-hybridized carbons (Fsp3) is 0.500. The molecule has 0 radical (unpaired) electrons. The number of phosphoric acid groups is 2. The summed E-state index contributed by atoms with van der Waals surface area (Å²) in [4.78, 5) is 137. The molecule has 86 heavy (non-hydrogen) atoms. The molecule has 464 valence electrons. The average Bonchev–Trinajstić information content (AvgIpc) is 2.43. The minimum atomic E-state index is -5.37. The van der Waals surface area contributed by atoms with E-state index in [1.807, 2.05) is 0 Å². The summed E-state index contributed by atoms with van der Waals surface area (Å²) in [6, 6.07) is 2.95. The first-order chi connectivity index (χ1) is 40.9. The summed E-state index contributed by atoms with van der Waals surface area (Å²) in [6.45, 7) is -0.0434. The number of ether oxygens (including phenoxy) is 4. The number of hydrogen-bond acceptors (Lipinski definition) is 26. The molecule has 7 amide bonds. The van der Waals surface area contributed by atoms with Gasteiger partial charge in [0.15, 0.2) is 41.2 Å². The number of hydrogen-bond donors (Lipinski definition) is 13. The highest BCUT2D eigenvalue weighted by Crippen LogP contribution is 2.54. The van der Waals surface area contributed by atoms with Gasteiger partial charge in [0.1, 0.15) is 67.6 Å². The number of fused-ring (bicyclic) bond motifs is 4. The summed E-state index contributed by atoms with van der Waals surface area (Å²) in [6.07, 6.45) is -12.5. The Morgan fingerprint density at radius 3 is 2.16 bits per heavy atom. The molecule has 7 heterocycles. The largest absolute Gasteiger partial charge is 0.472 e. The van der Waals surface area contributed by atoms with Crippen LogP contribution in [0.4, 0.5) is 31.8 Å². The molecule has 40 nitrogen and oxygen atoms in total. The van der Waals surface area contributed by atoms with E-state index in [2.05, 4.69) is 71.8 Å². The van der Waals surface area contributed by atoms with Crippen LogP contribution < -0.4 is 54.7 Å². The van der Waals surface area contributed by atoms with Crippen molar-refractivity contribution in [2.75, 3.05) is 56.2 Å². The molecule has 3 unspecified atom stereocenters. The predicted octanol–water partition coefficient (Wildman–Crippen LogP) is -1.36. The summed E-state index contributed by atoms with van der Waals surface area (Å²) in [7, 11) is -10.7. The van der Waals surface area contributed by atoms with Gasteiger partial charge in [0.25, 0.3) is 5.56 Å². The number of nitrogen functional groups attached to an aromatic ring is 2. The second-order valence-corrected chi connectivity index (χ2v) is 22.1. The van der Waals surface area contributed by atoms with E-state index >= 15 is 0 Å². The molecule has 0 spiro atoms. The van der Waals surface area contributed by atoms with Crippen LogP contribution in [0, 0.1) is 5.92 Å². The second kappa shape index (κ2) is 27.6. The smallest absolute Gasteiger partial charge is 0.445 e. The normalized spacial score (nSPS) is 25.4. The zero-order valence-electron chi connectivity index (χ0n) is 45.1. The van der Waals surface area contributed by atoms with E-state index in [-0.39, 0.29) is 78.9 Å². The number of H-pyrrole nitrogens is 1. The summed E-state index contributed by atoms with van der Waals surface area (Å²) in [5, 5.41) is 29.6. The molecule has 3 fully saturated rings. The Labute approximate surface area is 482 Å². The number of nitrogens with zero attached hydrogens (tertiary/aromatic N) is 10. The number of aromatic nitrogens is 8. The van der Waals surface area contributed by atoms with Gasteiger partial charge in [0.2, 0.25) is 23.7 Å². The number of urea groups is 1. The van der Waals surface area contributed by atoms with Gasteiger partial charge in [-0.3, -0.25) is 51.4 Å². The first-order valence-corrected chi connectivity index (χ1v) is 28.7. The predicted molar refractivity (Wildman–Crippen MR) is 288 cm³/mol. The number of alkyl carbamates (subject to hydrolysis) is 2.